The average molecular weight is 341 g/mol. The molecule has 0 saturated carbocycles. The molecule has 2 amide bonds. The lowest BCUT2D eigenvalue weighted by atomic mass is 10.1. The van der Waals surface area contributed by atoms with Gasteiger partial charge in [-0.1, -0.05) is 18.2 Å². The number of ether oxygens (including phenoxy) is 1. The second-order valence-electron chi connectivity index (χ2n) is 5.75. The Morgan fingerprint density at radius 3 is 2.48 bits per heavy atom. The number of carbonyl (C=O) groups is 2. The van der Waals surface area contributed by atoms with E-state index in [2.05, 4.69) is 15.6 Å². The van der Waals surface area contributed by atoms with Crippen LogP contribution in [0.1, 0.15) is 20.7 Å². The van der Waals surface area contributed by atoms with Crippen molar-refractivity contribution in [3.8, 4) is 0 Å². The number of aliphatic hydroxyl groups is 1. The van der Waals surface area contributed by atoms with Crippen molar-refractivity contribution in [2.45, 2.75) is 18.2 Å². The van der Waals surface area contributed by atoms with Crippen molar-refractivity contribution in [2.75, 3.05) is 13.2 Å². The van der Waals surface area contributed by atoms with Crippen LogP contribution in [-0.2, 0) is 4.74 Å². The number of amides is 2. The quantitative estimate of drug-likeness (QED) is 0.729. The Morgan fingerprint density at radius 1 is 1.08 bits per heavy atom. The van der Waals surface area contributed by atoms with Crippen LogP contribution in [0.15, 0.2) is 54.9 Å². The van der Waals surface area contributed by atoms with Crippen molar-refractivity contribution in [1.82, 2.24) is 15.6 Å². The molecule has 3 N–H and O–H groups in total. The van der Waals surface area contributed by atoms with Crippen LogP contribution < -0.4 is 10.6 Å². The SMILES string of the molecule is O=C(NC[C@H]1OC[C@@H](NC(=O)c2ccccc2)[C@@H]1O)c1ccncc1. The van der Waals surface area contributed by atoms with Crippen molar-refractivity contribution in [2.24, 2.45) is 0 Å². The van der Waals surface area contributed by atoms with E-state index in [-0.39, 0.29) is 25.0 Å². The number of carbonyl (C=O) groups excluding carboxylic acids is 2. The van der Waals surface area contributed by atoms with Crippen molar-refractivity contribution < 1.29 is 19.4 Å². The van der Waals surface area contributed by atoms with E-state index >= 15 is 0 Å². The van der Waals surface area contributed by atoms with E-state index < -0.39 is 18.2 Å². The minimum absolute atomic E-state index is 0.153. The van der Waals surface area contributed by atoms with Gasteiger partial charge in [0.25, 0.3) is 11.8 Å². The smallest absolute Gasteiger partial charge is 0.251 e. The van der Waals surface area contributed by atoms with Crippen molar-refractivity contribution in [3.05, 3.63) is 66.0 Å². The Bertz CT molecular complexity index is 724. The largest absolute Gasteiger partial charge is 0.388 e. The van der Waals surface area contributed by atoms with Crippen LogP contribution >= 0.6 is 0 Å². The number of aromatic nitrogens is 1. The molecule has 3 atom stereocenters. The fraction of sp³-hybridized carbons (Fsp3) is 0.278. The Labute approximate surface area is 145 Å². The molecule has 3 rings (SSSR count). The number of nitrogens with zero attached hydrogens (tertiary/aromatic N) is 1. The summed E-state index contributed by atoms with van der Waals surface area (Å²) in [5.41, 5.74) is 1.00. The maximum absolute atomic E-state index is 12.2. The van der Waals surface area contributed by atoms with Crippen LogP contribution in [-0.4, -0.2) is 53.3 Å². The van der Waals surface area contributed by atoms with Gasteiger partial charge in [-0.25, -0.2) is 0 Å². The molecular weight excluding hydrogens is 322 g/mol. The first kappa shape index (κ1) is 17.1. The normalized spacial score (nSPS) is 22.4. The third-order valence-corrected chi connectivity index (χ3v) is 4.04. The molecule has 0 bridgehead atoms. The van der Waals surface area contributed by atoms with Gasteiger partial charge in [0.1, 0.15) is 12.2 Å². The van der Waals surface area contributed by atoms with Crippen molar-refractivity contribution >= 4 is 11.8 Å². The van der Waals surface area contributed by atoms with E-state index in [1.807, 2.05) is 6.07 Å². The van der Waals surface area contributed by atoms with Gasteiger partial charge < -0.3 is 20.5 Å². The summed E-state index contributed by atoms with van der Waals surface area (Å²) in [5, 5.41) is 15.8. The zero-order valence-corrected chi connectivity index (χ0v) is 13.5. The lowest BCUT2D eigenvalue weighted by Crippen LogP contribution is -2.46. The van der Waals surface area contributed by atoms with Gasteiger partial charge in [-0.2, -0.15) is 0 Å². The van der Waals surface area contributed by atoms with Gasteiger partial charge in [0.2, 0.25) is 0 Å². The van der Waals surface area contributed by atoms with E-state index in [9.17, 15) is 14.7 Å². The predicted octanol–water partition coefficient (Wildman–Crippen LogP) is 0.370. The molecule has 0 unspecified atom stereocenters. The third-order valence-electron chi connectivity index (χ3n) is 4.04. The van der Waals surface area contributed by atoms with Gasteiger partial charge in [0.15, 0.2) is 0 Å². The number of aliphatic hydroxyl groups excluding tert-OH is 1. The summed E-state index contributed by atoms with van der Waals surface area (Å²) in [7, 11) is 0. The number of nitrogens with one attached hydrogen (secondary N) is 2. The molecular formula is C18H19N3O4. The molecule has 0 radical (unpaired) electrons. The topological polar surface area (TPSA) is 101 Å². The van der Waals surface area contributed by atoms with E-state index in [0.717, 1.165) is 0 Å². The molecule has 0 aliphatic carbocycles. The molecule has 1 fully saturated rings. The van der Waals surface area contributed by atoms with E-state index in [1.54, 1.807) is 36.4 Å². The fourth-order valence-corrected chi connectivity index (χ4v) is 2.63. The number of pyridine rings is 1. The van der Waals surface area contributed by atoms with Gasteiger partial charge in [0.05, 0.1) is 12.6 Å². The Kier molecular flexibility index (Phi) is 5.37. The molecule has 1 aromatic carbocycles. The monoisotopic (exact) mass is 341 g/mol. The molecule has 7 heteroatoms. The summed E-state index contributed by atoms with van der Waals surface area (Å²) < 4.78 is 5.51. The first-order chi connectivity index (χ1) is 12.1. The van der Waals surface area contributed by atoms with E-state index in [4.69, 9.17) is 4.74 Å². The maximum atomic E-state index is 12.2. The standard InChI is InChI=1S/C18H19N3O4/c22-16-14(21-18(24)12-4-2-1-3-5-12)11-25-15(16)10-20-17(23)13-6-8-19-9-7-13/h1-9,14-16,22H,10-11H2,(H,20,23)(H,21,24)/t14-,15-,16+/m1/s1. The molecule has 1 aromatic heterocycles. The lowest BCUT2D eigenvalue weighted by molar-refractivity contribution is 0.0396. The number of hydrogen-bond acceptors (Lipinski definition) is 5. The fourth-order valence-electron chi connectivity index (χ4n) is 2.63. The summed E-state index contributed by atoms with van der Waals surface area (Å²) >= 11 is 0. The first-order valence-corrected chi connectivity index (χ1v) is 7.99. The lowest BCUT2D eigenvalue weighted by Gasteiger charge is -2.19. The predicted molar refractivity (Wildman–Crippen MR) is 90.0 cm³/mol. The minimum Gasteiger partial charge on any atom is -0.388 e. The van der Waals surface area contributed by atoms with E-state index in [1.165, 1.54) is 12.4 Å². The number of rotatable bonds is 5. The van der Waals surface area contributed by atoms with Crippen molar-refractivity contribution in [3.63, 3.8) is 0 Å². The van der Waals surface area contributed by atoms with Crippen LogP contribution in [0, 0.1) is 0 Å². The van der Waals surface area contributed by atoms with Gasteiger partial charge >= 0.3 is 0 Å². The zero-order chi connectivity index (χ0) is 17.6. The van der Waals surface area contributed by atoms with Crippen LogP contribution in [0.5, 0.6) is 0 Å². The molecule has 2 heterocycles. The Hall–Kier alpha value is -2.77. The molecule has 1 aliphatic heterocycles. The summed E-state index contributed by atoms with van der Waals surface area (Å²) in [4.78, 5) is 28.0. The summed E-state index contributed by atoms with van der Waals surface area (Å²) in [6.45, 7) is 0.343. The third kappa shape index (κ3) is 4.20. The van der Waals surface area contributed by atoms with Crippen molar-refractivity contribution in [1.29, 1.82) is 0 Å². The molecule has 0 spiro atoms. The summed E-state index contributed by atoms with van der Waals surface area (Å²) in [6.07, 6.45) is 1.59. The molecule has 1 saturated heterocycles. The van der Waals surface area contributed by atoms with Crippen LogP contribution in [0.25, 0.3) is 0 Å². The second-order valence-corrected chi connectivity index (χ2v) is 5.75. The average Bonchev–Trinajstić information content (AvgIpc) is 3.01. The zero-order valence-electron chi connectivity index (χ0n) is 13.5. The highest BCUT2D eigenvalue weighted by atomic mass is 16.5. The number of benzene rings is 1. The molecule has 2 aromatic rings. The Balaban J connectivity index is 1.51. The Morgan fingerprint density at radius 2 is 1.76 bits per heavy atom. The first-order valence-electron chi connectivity index (χ1n) is 7.99. The molecule has 1 aliphatic rings. The highest BCUT2D eigenvalue weighted by molar-refractivity contribution is 5.94. The minimum atomic E-state index is -0.898. The van der Waals surface area contributed by atoms with Gasteiger partial charge in [0, 0.05) is 30.1 Å². The molecule has 25 heavy (non-hydrogen) atoms. The van der Waals surface area contributed by atoms with Gasteiger partial charge in [-0.3, -0.25) is 14.6 Å². The number of hydrogen-bond donors (Lipinski definition) is 3. The van der Waals surface area contributed by atoms with Crippen LogP contribution in [0.2, 0.25) is 0 Å². The second kappa shape index (κ2) is 7.87. The summed E-state index contributed by atoms with van der Waals surface area (Å²) in [6, 6.07) is 11.5. The molecule has 130 valence electrons. The highest BCUT2D eigenvalue weighted by Gasteiger charge is 2.37. The van der Waals surface area contributed by atoms with Gasteiger partial charge in [-0.15, -0.1) is 0 Å². The van der Waals surface area contributed by atoms with Gasteiger partial charge in [-0.05, 0) is 24.3 Å². The molecule has 7 nitrogen and oxygen atoms in total. The highest BCUT2D eigenvalue weighted by Crippen LogP contribution is 2.15. The summed E-state index contributed by atoms with van der Waals surface area (Å²) in [5.74, 6) is -0.537. The van der Waals surface area contributed by atoms with Crippen LogP contribution in [0.3, 0.4) is 0 Å². The van der Waals surface area contributed by atoms with E-state index in [0.29, 0.717) is 11.1 Å². The maximum Gasteiger partial charge on any atom is 0.251 e. The van der Waals surface area contributed by atoms with Crippen LogP contribution in [0.4, 0.5) is 0 Å².